The smallest absolute Gasteiger partial charge is 0.433 e. The molecule has 3 aromatic rings. The molecule has 1 saturated heterocycles. The van der Waals surface area contributed by atoms with E-state index in [0.29, 0.717) is 35.4 Å². The van der Waals surface area contributed by atoms with Crippen LogP contribution in [0.5, 0.6) is 11.5 Å². The van der Waals surface area contributed by atoms with Crippen LogP contribution >= 0.6 is 0 Å². The number of piperidine rings is 1. The summed E-state index contributed by atoms with van der Waals surface area (Å²) >= 11 is 0. The van der Waals surface area contributed by atoms with Gasteiger partial charge >= 0.3 is 6.18 Å². The fraction of sp³-hybridized carbons (Fsp3) is 0.500. The standard InChI is InChI=1S/C26H29F3N4O3/c1-15-10-11-32(20-7-5-4-6-17(15)20)25(34)19-14-24-30-18(13-23(26(27,28)29)33(24)31-19)16-8-9-21(35-2)22(12-16)36-3/h8-9,12-15,17,20H,4-7,10-11H2,1-3H3/t15-,17-,20-/m0/s1. The zero-order valence-corrected chi connectivity index (χ0v) is 20.5. The van der Waals surface area contributed by atoms with Gasteiger partial charge < -0.3 is 14.4 Å². The van der Waals surface area contributed by atoms with Gasteiger partial charge in [-0.1, -0.05) is 19.8 Å². The van der Waals surface area contributed by atoms with Gasteiger partial charge in [0.05, 0.1) is 19.9 Å². The van der Waals surface area contributed by atoms with Crippen LogP contribution in [-0.4, -0.2) is 52.2 Å². The molecule has 3 heterocycles. The van der Waals surface area contributed by atoms with E-state index >= 15 is 0 Å². The molecule has 0 radical (unpaired) electrons. The molecule has 2 aromatic heterocycles. The molecule has 1 aliphatic carbocycles. The number of nitrogens with zero attached hydrogens (tertiary/aromatic N) is 4. The van der Waals surface area contributed by atoms with Crippen LogP contribution in [0, 0.1) is 11.8 Å². The van der Waals surface area contributed by atoms with Crippen molar-refractivity contribution in [3.63, 3.8) is 0 Å². The molecule has 1 aromatic carbocycles. The summed E-state index contributed by atoms with van der Waals surface area (Å²) in [6, 6.07) is 7.19. The van der Waals surface area contributed by atoms with Crippen LogP contribution in [-0.2, 0) is 6.18 Å². The molecule has 0 unspecified atom stereocenters. The van der Waals surface area contributed by atoms with Crippen LogP contribution < -0.4 is 9.47 Å². The summed E-state index contributed by atoms with van der Waals surface area (Å²) in [5, 5.41) is 4.11. The third kappa shape index (κ3) is 4.26. The second kappa shape index (κ2) is 9.29. The number of rotatable bonds is 4. The van der Waals surface area contributed by atoms with E-state index in [1.165, 1.54) is 20.3 Å². The Morgan fingerprint density at radius 3 is 2.50 bits per heavy atom. The van der Waals surface area contributed by atoms with E-state index in [4.69, 9.17) is 9.47 Å². The summed E-state index contributed by atoms with van der Waals surface area (Å²) < 4.78 is 53.5. The molecule has 0 spiro atoms. The van der Waals surface area contributed by atoms with Gasteiger partial charge in [-0.15, -0.1) is 0 Å². The maximum absolute atomic E-state index is 14.1. The van der Waals surface area contributed by atoms with Crippen molar-refractivity contribution in [2.24, 2.45) is 11.8 Å². The van der Waals surface area contributed by atoms with E-state index in [9.17, 15) is 18.0 Å². The highest BCUT2D eigenvalue weighted by Gasteiger charge is 2.41. The Kier molecular flexibility index (Phi) is 6.30. The van der Waals surface area contributed by atoms with Gasteiger partial charge in [0.2, 0.25) is 0 Å². The molecule has 3 atom stereocenters. The van der Waals surface area contributed by atoms with Crippen molar-refractivity contribution in [3.8, 4) is 22.8 Å². The molecule has 10 heteroatoms. The summed E-state index contributed by atoms with van der Waals surface area (Å²) in [6.07, 6.45) is 0.388. The number of hydrogen-bond acceptors (Lipinski definition) is 5. The number of carbonyl (C=O) groups excluding carboxylic acids is 1. The predicted octanol–water partition coefficient (Wildman–Crippen LogP) is 5.47. The average Bonchev–Trinajstić information content (AvgIpc) is 3.31. The Labute approximate surface area is 207 Å². The highest BCUT2D eigenvalue weighted by molar-refractivity contribution is 5.93. The number of methoxy groups -OCH3 is 2. The van der Waals surface area contributed by atoms with Crippen molar-refractivity contribution in [2.75, 3.05) is 20.8 Å². The Hall–Kier alpha value is -3.30. The Morgan fingerprint density at radius 2 is 1.78 bits per heavy atom. The van der Waals surface area contributed by atoms with Gasteiger partial charge in [0.1, 0.15) is 0 Å². The largest absolute Gasteiger partial charge is 0.493 e. The Bertz CT molecular complexity index is 1290. The monoisotopic (exact) mass is 502 g/mol. The molecule has 192 valence electrons. The van der Waals surface area contributed by atoms with Gasteiger partial charge in [-0.2, -0.15) is 18.3 Å². The molecule has 36 heavy (non-hydrogen) atoms. The highest BCUT2D eigenvalue weighted by atomic mass is 19.4. The Morgan fingerprint density at radius 1 is 1.03 bits per heavy atom. The van der Waals surface area contributed by atoms with Crippen molar-refractivity contribution in [1.82, 2.24) is 19.5 Å². The Balaban J connectivity index is 1.56. The predicted molar refractivity (Wildman–Crippen MR) is 127 cm³/mol. The number of alkyl halides is 3. The summed E-state index contributed by atoms with van der Waals surface area (Å²) in [4.78, 5) is 19.8. The molecular weight excluding hydrogens is 473 g/mol. The molecule has 7 nitrogen and oxygen atoms in total. The van der Waals surface area contributed by atoms with E-state index in [1.54, 1.807) is 18.2 Å². The van der Waals surface area contributed by atoms with Crippen molar-refractivity contribution in [1.29, 1.82) is 0 Å². The molecule has 1 amide bonds. The van der Waals surface area contributed by atoms with E-state index in [1.807, 2.05) is 4.90 Å². The minimum absolute atomic E-state index is 0.0173. The minimum atomic E-state index is -4.70. The van der Waals surface area contributed by atoms with Crippen molar-refractivity contribution < 1.29 is 27.4 Å². The number of fused-ring (bicyclic) bond motifs is 2. The van der Waals surface area contributed by atoms with E-state index in [0.717, 1.165) is 42.7 Å². The number of carbonyl (C=O) groups is 1. The topological polar surface area (TPSA) is 69.0 Å². The van der Waals surface area contributed by atoms with Crippen LogP contribution in [0.2, 0.25) is 0 Å². The number of hydrogen-bond donors (Lipinski definition) is 0. The van der Waals surface area contributed by atoms with Crippen molar-refractivity contribution >= 4 is 11.6 Å². The SMILES string of the molecule is COc1ccc(-c2cc(C(F)(F)F)n3nc(C(=O)N4CC[C@H](C)[C@@H]5CCCC[C@@H]54)cc3n2)cc1OC. The average molecular weight is 503 g/mol. The molecule has 0 bridgehead atoms. The van der Waals surface area contributed by atoms with Crippen molar-refractivity contribution in [3.05, 3.63) is 41.7 Å². The zero-order valence-electron chi connectivity index (χ0n) is 20.5. The van der Waals surface area contributed by atoms with Gasteiger partial charge in [0.25, 0.3) is 5.91 Å². The first kappa shape index (κ1) is 24.4. The number of aromatic nitrogens is 3. The number of likely N-dealkylation sites (tertiary alicyclic amines) is 1. The fourth-order valence-corrected chi connectivity index (χ4v) is 5.74. The maximum atomic E-state index is 14.1. The summed E-state index contributed by atoms with van der Waals surface area (Å²) in [6.45, 7) is 2.82. The maximum Gasteiger partial charge on any atom is 0.433 e. The summed E-state index contributed by atoms with van der Waals surface area (Å²) in [5.74, 6) is 1.45. The lowest BCUT2D eigenvalue weighted by Crippen LogP contribution is -2.52. The van der Waals surface area contributed by atoms with E-state index in [-0.39, 0.29) is 29.0 Å². The van der Waals surface area contributed by atoms with Crippen molar-refractivity contribution in [2.45, 2.75) is 51.2 Å². The second-order valence-corrected chi connectivity index (χ2v) is 9.67. The van der Waals surface area contributed by atoms with Crippen LogP contribution in [0.1, 0.15) is 55.2 Å². The second-order valence-electron chi connectivity index (χ2n) is 9.67. The zero-order chi connectivity index (χ0) is 25.6. The van der Waals surface area contributed by atoms with Crippen LogP contribution in [0.3, 0.4) is 0 Å². The normalized spacial score (nSPS) is 22.4. The third-order valence-corrected chi connectivity index (χ3v) is 7.62. The first-order chi connectivity index (χ1) is 17.2. The lowest BCUT2D eigenvalue weighted by molar-refractivity contribution is -0.142. The van der Waals surface area contributed by atoms with Gasteiger partial charge in [0, 0.05) is 24.2 Å². The first-order valence-electron chi connectivity index (χ1n) is 12.2. The number of amides is 1. The number of benzene rings is 1. The van der Waals surface area contributed by atoms with Gasteiger partial charge in [-0.25, -0.2) is 9.50 Å². The summed E-state index contributed by atoms with van der Waals surface area (Å²) in [5.41, 5.74) is -0.544. The first-order valence-corrected chi connectivity index (χ1v) is 12.2. The van der Waals surface area contributed by atoms with E-state index < -0.39 is 11.9 Å². The minimum Gasteiger partial charge on any atom is -0.493 e. The molecule has 2 fully saturated rings. The van der Waals surface area contributed by atoms with Gasteiger partial charge in [0.15, 0.2) is 28.5 Å². The third-order valence-electron chi connectivity index (χ3n) is 7.62. The molecular formula is C26H29F3N4O3. The van der Waals surface area contributed by atoms with Gasteiger partial charge in [-0.3, -0.25) is 4.79 Å². The summed E-state index contributed by atoms with van der Waals surface area (Å²) in [7, 11) is 2.93. The van der Waals surface area contributed by atoms with E-state index in [2.05, 4.69) is 17.0 Å². The lowest BCUT2D eigenvalue weighted by atomic mass is 9.72. The van der Waals surface area contributed by atoms with Gasteiger partial charge in [-0.05, 0) is 55.4 Å². The molecule has 1 saturated carbocycles. The lowest BCUT2D eigenvalue weighted by Gasteiger charge is -2.47. The van der Waals surface area contributed by atoms with Crippen LogP contribution in [0.4, 0.5) is 13.2 Å². The number of halogens is 3. The highest BCUT2D eigenvalue weighted by Crippen LogP contribution is 2.40. The molecule has 2 aliphatic rings. The molecule has 5 rings (SSSR count). The number of ether oxygens (including phenoxy) is 2. The molecule has 0 N–H and O–H groups in total. The van der Waals surface area contributed by atoms with Crippen LogP contribution in [0.15, 0.2) is 30.3 Å². The quantitative estimate of drug-likeness (QED) is 0.473. The molecule has 1 aliphatic heterocycles. The van der Waals surface area contributed by atoms with Crippen LogP contribution in [0.25, 0.3) is 16.9 Å². The fourth-order valence-electron chi connectivity index (χ4n) is 5.74.